The Balaban J connectivity index is 3.09. The first-order chi connectivity index (χ1) is 6.45. The summed E-state index contributed by atoms with van der Waals surface area (Å²) in [5, 5.41) is 8.83. The predicted octanol–water partition coefficient (Wildman–Crippen LogP) is 3.61. The van der Waals surface area contributed by atoms with Crippen molar-refractivity contribution in [3.8, 4) is 6.07 Å². The van der Waals surface area contributed by atoms with E-state index in [1.165, 1.54) is 5.56 Å². The smallest absolute Gasteiger partial charge is 0.0700 e. The van der Waals surface area contributed by atoms with E-state index in [9.17, 15) is 0 Å². The molecule has 0 amide bonds. The molecule has 0 N–H and O–H groups in total. The Morgan fingerprint density at radius 1 is 1.29 bits per heavy atom. The fourth-order valence-corrected chi connectivity index (χ4v) is 1.35. The van der Waals surface area contributed by atoms with Crippen molar-refractivity contribution in [3.05, 3.63) is 35.4 Å². The summed E-state index contributed by atoms with van der Waals surface area (Å²) >= 11 is 0. The summed E-state index contributed by atoms with van der Waals surface area (Å²) in [6.07, 6.45) is 0. The van der Waals surface area contributed by atoms with Crippen LogP contribution in [0.1, 0.15) is 44.7 Å². The van der Waals surface area contributed by atoms with E-state index in [2.05, 4.69) is 39.0 Å². The van der Waals surface area contributed by atoms with Gasteiger partial charge in [-0.15, -0.1) is 0 Å². The van der Waals surface area contributed by atoms with Crippen LogP contribution < -0.4 is 0 Å². The molecule has 0 radical (unpaired) electrons. The molecule has 0 saturated heterocycles. The minimum absolute atomic E-state index is 0.0164. The molecule has 1 aromatic carbocycles. The van der Waals surface area contributed by atoms with Crippen molar-refractivity contribution in [2.45, 2.75) is 39.0 Å². The number of hydrogen-bond acceptors (Lipinski definition) is 1. The van der Waals surface area contributed by atoms with Gasteiger partial charge in [-0.25, -0.2) is 0 Å². The monoisotopic (exact) mass is 187 g/mol. The lowest BCUT2D eigenvalue weighted by atomic mass is 9.85. The summed E-state index contributed by atoms with van der Waals surface area (Å²) in [4.78, 5) is 0. The molecular weight excluding hydrogens is 170 g/mol. The van der Waals surface area contributed by atoms with Crippen LogP contribution >= 0.6 is 0 Å². The number of benzene rings is 1. The van der Waals surface area contributed by atoms with Gasteiger partial charge in [-0.3, -0.25) is 0 Å². The van der Waals surface area contributed by atoms with Crippen molar-refractivity contribution in [3.63, 3.8) is 0 Å². The van der Waals surface area contributed by atoms with Gasteiger partial charge in [0.05, 0.1) is 12.0 Å². The lowest BCUT2D eigenvalue weighted by Crippen LogP contribution is -2.11. The Bertz CT molecular complexity index is 352. The van der Waals surface area contributed by atoms with Gasteiger partial charge in [-0.05, 0) is 23.5 Å². The highest BCUT2D eigenvalue weighted by Crippen LogP contribution is 2.25. The molecule has 1 unspecified atom stereocenters. The second-order valence-electron chi connectivity index (χ2n) is 4.73. The van der Waals surface area contributed by atoms with Crippen LogP contribution in [0.15, 0.2) is 24.3 Å². The third-order valence-corrected chi connectivity index (χ3v) is 2.45. The number of nitrogens with zero attached hydrogens (tertiary/aromatic N) is 1. The maximum Gasteiger partial charge on any atom is 0.0700 e. The van der Waals surface area contributed by atoms with E-state index in [4.69, 9.17) is 5.26 Å². The summed E-state index contributed by atoms with van der Waals surface area (Å²) in [5.41, 5.74) is 2.56. The molecule has 1 nitrogen and oxygen atoms in total. The zero-order chi connectivity index (χ0) is 10.8. The molecule has 74 valence electrons. The highest BCUT2D eigenvalue weighted by molar-refractivity contribution is 5.32. The summed E-state index contributed by atoms with van der Waals surface area (Å²) < 4.78 is 0. The van der Waals surface area contributed by atoms with E-state index in [1.807, 2.05) is 19.1 Å². The molecule has 0 aliphatic rings. The van der Waals surface area contributed by atoms with Crippen LogP contribution in [0, 0.1) is 11.3 Å². The fourth-order valence-electron chi connectivity index (χ4n) is 1.35. The first kappa shape index (κ1) is 10.8. The molecule has 0 fully saturated rings. The van der Waals surface area contributed by atoms with Gasteiger partial charge >= 0.3 is 0 Å². The zero-order valence-corrected chi connectivity index (χ0v) is 9.33. The van der Waals surface area contributed by atoms with Crippen LogP contribution in [0.2, 0.25) is 0 Å². The minimum Gasteiger partial charge on any atom is -0.198 e. The Labute approximate surface area is 86.4 Å². The van der Waals surface area contributed by atoms with Crippen molar-refractivity contribution in [1.82, 2.24) is 0 Å². The molecule has 0 bridgehead atoms. The molecule has 14 heavy (non-hydrogen) atoms. The summed E-state index contributed by atoms with van der Waals surface area (Å²) in [6, 6.07) is 10.6. The first-order valence-electron chi connectivity index (χ1n) is 4.95. The van der Waals surface area contributed by atoms with Gasteiger partial charge in [0, 0.05) is 0 Å². The molecule has 1 atom stereocenters. The van der Waals surface area contributed by atoms with Gasteiger partial charge in [0.2, 0.25) is 0 Å². The van der Waals surface area contributed by atoms with Crippen molar-refractivity contribution in [1.29, 1.82) is 5.26 Å². The second kappa shape index (κ2) is 3.84. The highest BCUT2D eigenvalue weighted by atomic mass is 14.3. The Kier molecular flexibility index (Phi) is 2.96. The van der Waals surface area contributed by atoms with Gasteiger partial charge in [0.25, 0.3) is 0 Å². The SMILES string of the molecule is CC(C#N)c1cccc(C(C)(C)C)c1. The largest absolute Gasteiger partial charge is 0.198 e. The molecule has 0 aliphatic carbocycles. The lowest BCUT2D eigenvalue weighted by molar-refractivity contribution is 0.589. The average molecular weight is 187 g/mol. The van der Waals surface area contributed by atoms with Crippen LogP contribution in [0.3, 0.4) is 0 Å². The predicted molar refractivity (Wildman–Crippen MR) is 59.2 cm³/mol. The summed E-state index contributed by atoms with van der Waals surface area (Å²) in [5.74, 6) is -0.0164. The maximum atomic E-state index is 8.83. The third kappa shape index (κ3) is 2.35. The molecule has 0 aromatic heterocycles. The van der Waals surface area contributed by atoms with E-state index >= 15 is 0 Å². The normalized spacial score (nSPS) is 13.4. The van der Waals surface area contributed by atoms with Gasteiger partial charge in [0.1, 0.15) is 0 Å². The van der Waals surface area contributed by atoms with E-state index in [1.54, 1.807) is 0 Å². The first-order valence-corrected chi connectivity index (χ1v) is 4.95. The zero-order valence-electron chi connectivity index (χ0n) is 9.33. The Morgan fingerprint density at radius 3 is 2.43 bits per heavy atom. The number of rotatable bonds is 1. The van der Waals surface area contributed by atoms with E-state index in [-0.39, 0.29) is 11.3 Å². The second-order valence-corrected chi connectivity index (χ2v) is 4.73. The molecule has 0 saturated carbocycles. The molecule has 1 rings (SSSR count). The highest BCUT2D eigenvalue weighted by Gasteiger charge is 2.14. The standard InChI is InChI=1S/C13H17N/c1-10(9-14)11-6-5-7-12(8-11)13(2,3)4/h5-8,10H,1-4H3. The topological polar surface area (TPSA) is 23.8 Å². The van der Waals surface area contributed by atoms with Gasteiger partial charge in [-0.1, -0.05) is 45.0 Å². The molecule has 1 aromatic rings. The molecule has 0 heterocycles. The van der Waals surface area contributed by atoms with Gasteiger partial charge in [0.15, 0.2) is 0 Å². The summed E-state index contributed by atoms with van der Waals surface area (Å²) in [7, 11) is 0. The van der Waals surface area contributed by atoms with Crippen molar-refractivity contribution < 1.29 is 0 Å². The van der Waals surface area contributed by atoms with Gasteiger partial charge in [-0.2, -0.15) is 5.26 Å². The van der Waals surface area contributed by atoms with Crippen molar-refractivity contribution in [2.75, 3.05) is 0 Å². The Morgan fingerprint density at radius 2 is 1.93 bits per heavy atom. The van der Waals surface area contributed by atoms with Crippen LogP contribution in [-0.2, 0) is 5.41 Å². The quantitative estimate of drug-likeness (QED) is 0.658. The minimum atomic E-state index is -0.0164. The van der Waals surface area contributed by atoms with Crippen molar-refractivity contribution >= 4 is 0 Å². The third-order valence-electron chi connectivity index (χ3n) is 2.45. The lowest BCUT2D eigenvalue weighted by Gasteiger charge is -2.20. The molecule has 1 heteroatoms. The number of nitriles is 1. The van der Waals surface area contributed by atoms with Gasteiger partial charge < -0.3 is 0 Å². The van der Waals surface area contributed by atoms with Crippen LogP contribution in [0.5, 0.6) is 0 Å². The molecular formula is C13H17N. The van der Waals surface area contributed by atoms with E-state index < -0.39 is 0 Å². The Hall–Kier alpha value is -1.29. The molecule has 0 spiro atoms. The van der Waals surface area contributed by atoms with E-state index in [0.717, 1.165) is 5.56 Å². The summed E-state index contributed by atoms with van der Waals surface area (Å²) in [6.45, 7) is 8.48. The average Bonchev–Trinajstić information content (AvgIpc) is 2.15. The van der Waals surface area contributed by atoms with Crippen LogP contribution in [0.4, 0.5) is 0 Å². The number of hydrogen-bond donors (Lipinski definition) is 0. The van der Waals surface area contributed by atoms with Crippen LogP contribution in [-0.4, -0.2) is 0 Å². The molecule has 0 aliphatic heterocycles. The maximum absolute atomic E-state index is 8.83. The van der Waals surface area contributed by atoms with E-state index in [0.29, 0.717) is 0 Å². The van der Waals surface area contributed by atoms with Crippen LogP contribution in [0.25, 0.3) is 0 Å². The van der Waals surface area contributed by atoms with Crippen molar-refractivity contribution in [2.24, 2.45) is 0 Å². The fraction of sp³-hybridized carbons (Fsp3) is 0.462.